The highest BCUT2D eigenvalue weighted by atomic mass is 32.1. The third kappa shape index (κ3) is 3.94. The minimum absolute atomic E-state index is 0.162. The van der Waals surface area contributed by atoms with E-state index in [4.69, 9.17) is 0 Å². The van der Waals surface area contributed by atoms with Crippen LogP contribution in [0.25, 0.3) is 16.3 Å². The fourth-order valence-electron chi connectivity index (χ4n) is 7.11. The van der Waals surface area contributed by atoms with Crippen molar-refractivity contribution in [1.29, 1.82) is 0 Å². The Morgan fingerprint density at radius 2 is 1.76 bits per heavy atom. The molecule has 37 heavy (non-hydrogen) atoms. The van der Waals surface area contributed by atoms with E-state index in [1.54, 1.807) is 11.3 Å². The molecule has 1 amide bonds. The number of benzene rings is 3. The smallest absolute Gasteiger partial charge is 0.254 e. The Kier molecular flexibility index (Phi) is 5.75. The minimum atomic E-state index is 0.162. The monoisotopic (exact) mass is 504 g/mol. The number of likely N-dealkylation sites (tertiary alicyclic amines) is 1. The SMILES string of the molecule is O=C(c1cccc2ccccc12)N1CC(CC2=CC3(CCNCC3)c3ccccc32)C(c2ccsc2)C1. The number of amides is 1. The lowest BCUT2D eigenvalue weighted by atomic mass is 9.75. The van der Waals surface area contributed by atoms with E-state index in [1.165, 1.54) is 22.3 Å². The first kappa shape index (κ1) is 22.9. The molecule has 3 aliphatic rings. The van der Waals surface area contributed by atoms with Gasteiger partial charge in [-0.05, 0) is 94.2 Å². The summed E-state index contributed by atoms with van der Waals surface area (Å²) in [7, 11) is 0. The molecule has 2 saturated heterocycles. The first-order chi connectivity index (χ1) is 18.2. The number of piperidine rings is 1. The van der Waals surface area contributed by atoms with Gasteiger partial charge < -0.3 is 10.2 Å². The molecule has 7 rings (SSSR count). The van der Waals surface area contributed by atoms with Gasteiger partial charge in [0, 0.05) is 30.0 Å². The number of nitrogens with zero attached hydrogens (tertiary/aromatic N) is 1. The number of carbonyl (C=O) groups is 1. The van der Waals surface area contributed by atoms with E-state index in [0.717, 1.165) is 61.8 Å². The van der Waals surface area contributed by atoms with Gasteiger partial charge in [-0.25, -0.2) is 0 Å². The number of hydrogen-bond donors (Lipinski definition) is 1. The van der Waals surface area contributed by atoms with Crippen LogP contribution in [0.5, 0.6) is 0 Å². The fraction of sp³-hybridized carbons (Fsp3) is 0.303. The van der Waals surface area contributed by atoms with Crippen LogP contribution in [0.1, 0.15) is 52.2 Å². The number of allylic oxidation sites excluding steroid dienone is 2. The third-order valence-corrected chi connectivity index (χ3v) is 9.66. The maximum atomic E-state index is 13.9. The second kappa shape index (κ2) is 9.27. The highest BCUT2D eigenvalue weighted by Gasteiger charge is 2.42. The standard InChI is InChI=1S/C33H32N2OS/c36-32(29-10-5-7-23-6-1-2-8-27(23)29)35-20-26(30(21-35)24-12-17-37-22-24)18-25-19-33(13-15-34-16-14-33)31-11-4-3-9-28(25)31/h1-12,17,19,22,26,30,34H,13-16,18,20-21H2. The van der Waals surface area contributed by atoms with E-state index >= 15 is 0 Å². The molecule has 0 saturated carbocycles. The van der Waals surface area contributed by atoms with Crippen molar-refractivity contribution >= 4 is 33.6 Å². The van der Waals surface area contributed by atoms with Crippen molar-refractivity contribution < 1.29 is 4.79 Å². The average Bonchev–Trinajstić information content (AvgIpc) is 3.68. The Morgan fingerprint density at radius 1 is 0.946 bits per heavy atom. The van der Waals surface area contributed by atoms with Crippen molar-refractivity contribution in [1.82, 2.24) is 10.2 Å². The van der Waals surface area contributed by atoms with Crippen LogP contribution in [0.15, 0.2) is 89.6 Å². The molecule has 1 spiro atoms. The fourth-order valence-corrected chi connectivity index (χ4v) is 7.84. The number of hydrogen-bond acceptors (Lipinski definition) is 3. The molecular formula is C33H32N2OS. The van der Waals surface area contributed by atoms with Crippen LogP contribution in [0.2, 0.25) is 0 Å². The summed E-state index contributed by atoms with van der Waals surface area (Å²) in [6, 6.07) is 25.7. The van der Waals surface area contributed by atoms with Crippen LogP contribution in [0.3, 0.4) is 0 Å². The lowest BCUT2D eigenvalue weighted by molar-refractivity contribution is 0.0788. The van der Waals surface area contributed by atoms with Crippen LogP contribution in [-0.2, 0) is 5.41 Å². The zero-order chi connectivity index (χ0) is 24.8. The van der Waals surface area contributed by atoms with E-state index in [9.17, 15) is 4.79 Å². The summed E-state index contributed by atoms with van der Waals surface area (Å²) in [5.41, 5.74) is 6.81. The highest BCUT2D eigenvalue weighted by Crippen LogP contribution is 2.49. The molecule has 1 aromatic heterocycles. The second-order valence-electron chi connectivity index (χ2n) is 11.0. The van der Waals surface area contributed by atoms with E-state index in [-0.39, 0.29) is 11.3 Å². The predicted octanol–water partition coefficient (Wildman–Crippen LogP) is 6.87. The summed E-state index contributed by atoms with van der Waals surface area (Å²) in [5, 5.41) is 10.2. The maximum Gasteiger partial charge on any atom is 0.254 e. The quantitative estimate of drug-likeness (QED) is 0.329. The minimum Gasteiger partial charge on any atom is -0.338 e. The molecule has 3 aromatic carbocycles. The summed E-state index contributed by atoms with van der Waals surface area (Å²) in [5.74, 6) is 0.933. The van der Waals surface area contributed by atoms with E-state index < -0.39 is 0 Å². The van der Waals surface area contributed by atoms with Gasteiger partial charge in [-0.15, -0.1) is 0 Å². The second-order valence-corrected chi connectivity index (χ2v) is 11.8. The van der Waals surface area contributed by atoms with Crippen LogP contribution in [0.4, 0.5) is 0 Å². The normalized spacial score (nSPS) is 22.4. The van der Waals surface area contributed by atoms with E-state index in [1.807, 2.05) is 24.3 Å². The van der Waals surface area contributed by atoms with Crippen LogP contribution in [-0.4, -0.2) is 37.0 Å². The van der Waals surface area contributed by atoms with Gasteiger partial charge in [0.15, 0.2) is 0 Å². The van der Waals surface area contributed by atoms with Crippen molar-refractivity contribution in [2.24, 2.45) is 5.92 Å². The van der Waals surface area contributed by atoms with Crippen molar-refractivity contribution in [2.45, 2.75) is 30.6 Å². The van der Waals surface area contributed by atoms with Gasteiger partial charge in [-0.2, -0.15) is 11.3 Å². The van der Waals surface area contributed by atoms with E-state index in [0.29, 0.717) is 11.8 Å². The number of carbonyl (C=O) groups excluding carboxylic acids is 1. The van der Waals surface area contributed by atoms with Crippen molar-refractivity contribution in [2.75, 3.05) is 26.2 Å². The molecule has 0 bridgehead atoms. The number of rotatable bonds is 4. The molecule has 4 heteroatoms. The average molecular weight is 505 g/mol. The van der Waals surface area contributed by atoms with Crippen LogP contribution in [0, 0.1) is 5.92 Å². The molecule has 2 aliphatic heterocycles. The highest BCUT2D eigenvalue weighted by molar-refractivity contribution is 7.08. The van der Waals surface area contributed by atoms with Gasteiger partial charge in [0.05, 0.1) is 0 Å². The Bertz CT molecular complexity index is 1480. The number of fused-ring (bicyclic) bond motifs is 3. The Morgan fingerprint density at radius 3 is 2.62 bits per heavy atom. The van der Waals surface area contributed by atoms with Gasteiger partial charge in [0.2, 0.25) is 0 Å². The first-order valence-electron chi connectivity index (χ1n) is 13.5. The molecule has 3 heterocycles. The molecule has 2 fully saturated rings. The zero-order valence-electron chi connectivity index (χ0n) is 21.0. The molecule has 186 valence electrons. The predicted molar refractivity (Wildman–Crippen MR) is 153 cm³/mol. The summed E-state index contributed by atoms with van der Waals surface area (Å²) >= 11 is 1.76. The van der Waals surface area contributed by atoms with E-state index in [2.05, 4.69) is 75.6 Å². The molecule has 2 atom stereocenters. The molecule has 1 aliphatic carbocycles. The van der Waals surface area contributed by atoms with Gasteiger partial charge in [-0.1, -0.05) is 66.7 Å². The molecule has 1 N–H and O–H groups in total. The van der Waals surface area contributed by atoms with Crippen molar-refractivity contribution in [3.8, 4) is 0 Å². The van der Waals surface area contributed by atoms with Crippen molar-refractivity contribution in [3.63, 3.8) is 0 Å². The van der Waals surface area contributed by atoms with Crippen LogP contribution < -0.4 is 5.32 Å². The summed E-state index contributed by atoms with van der Waals surface area (Å²) in [6.45, 7) is 3.74. The van der Waals surface area contributed by atoms with Gasteiger partial charge >= 0.3 is 0 Å². The summed E-state index contributed by atoms with van der Waals surface area (Å²) in [4.78, 5) is 16.0. The number of nitrogens with one attached hydrogen (secondary N) is 1. The third-order valence-electron chi connectivity index (χ3n) is 8.96. The lowest BCUT2D eigenvalue weighted by Gasteiger charge is -2.33. The Labute approximate surface area is 222 Å². The lowest BCUT2D eigenvalue weighted by Crippen LogP contribution is -2.37. The van der Waals surface area contributed by atoms with Gasteiger partial charge in [0.25, 0.3) is 5.91 Å². The van der Waals surface area contributed by atoms with Gasteiger partial charge in [-0.3, -0.25) is 4.79 Å². The Hall–Kier alpha value is -3.21. The molecule has 4 aromatic rings. The van der Waals surface area contributed by atoms with Crippen molar-refractivity contribution in [3.05, 3.63) is 112 Å². The summed E-state index contributed by atoms with van der Waals surface area (Å²) in [6.07, 6.45) is 5.96. The number of thiophene rings is 1. The Balaban J connectivity index is 1.22. The van der Waals surface area contributed by atoms with Crippen LogP contribution >= 0.6 is 11.3 Å². The largest absolute Gasteiger partial charge is 0.338 e. The first-order valence-corrected chi connectivity index (χ1v) is 14.5. The van der Waals surface area contributed by atoms with Gasteiger partial charge in [0.1, 0.15) is 0 Å². The molecular weight excluding hydrogens is 472 g/mol. The topological polar surface area (TPSA) is 32.3 Å². The summed E-state index contributed by atoms with van der Waals surface area (Å²) < 4.78 is 0. The zero-order valence-corrected chi connectivity index (χ0v) is 21.8. The molecule has 0 radical (unpaired) electrons. The molecule has 3 nitrogen and oxygen atoms in total. The maximum absolute atomic E-state index is 13.9. The molecule has 2 unspecified atom stereocenters.